The molecule has 0 spiro atoms. The Morgan fingerprint density at radius 2 is 1.93 bits per heavy atom. The molecular weight excluding hydrogens is 366 g/mol. The van der Waals surface area contributed by atoms with Crippen LogP contribution in [0.1, 0.15) is 37.0 Å². The summed E-state index contributed by atoms with van der Waals surface area (Å²) < 4.78 is 5.12. The Morgan fingerprint density at radius 3 is 2.48 bits per heavy atom. The second-order valence-electron chi connectivity index (χ2n) is 7.27. The molecule has 1 heterocycles. The van der Waals surface area contributed by atoms with E-state index in [2.05, 4.69) is 10.6 Å². The third-order valence-electron chi connectivity index (χ3n) is 4.89. The molecule has 2 unspecified atom stereocenters. The smallest absolute Gasteiger partial charge is 0.251 e. The molecule has 2 atom stereocenters. The molecule has 0 bridgehead atoms. The van der Waals surface area contributed by atoms with Gasteiger partial charge in [-0.1, -0.05) is 13.8 Å². The third kappa shape index (κ3) is 6.40. The lowest BCUT2D eigenvalue weighted by atomic mass is 9.95. The van der Waals surface area contributed by atoms with Gasteiger partial charge in [0.2, 0.25) is 5.91 Å². The van der Waals surface area contributed by atoms with Crippen molar-refractivity contribution in [2.24, 2.45) is 11.8 Å². The highest BCUT2D eigenvalue weighted by Crippen LogP contribution is 2.19. The molecule has 1 aliphatic heterocycles. The van der Waals surface area contributed by atoms with Gasteiger partial charge in [0, 0.05) is 18.7 Å². The van der Waals surface area contributed by atoms with Gasteiger partial charge >= 0.3 is 0 Å². The van der Waals surface area contributed by atoms with E-state index < -0.39 is 6.04 Å². The highest BCUT2D eigenvalue weighted by atomic mass is 35.5. The molecule has 2 N–H and O–H groups in total. The van der Waals surface area contributed by atoms with Gasteiger partial charge in [-0.3, -0.25) is 9.59 Å². The lowest BCUT2D eigenvalue weighted by molar-refractivity contribution is -0.136. The molecule has 6 nitrogen and oxygen atoms in total. The van der Waals surface area contributed by atoms with Gasteiger partial charge in [0.25, 0.3) is 5.91 Å². The minimum absolute atomic E-state index is 0. The lowest BCUT2D eigenvalue weighted by Gasteiger charge is -2.36. The van der Waals surface area contributed by atoms with Crippen molar-refractivity contribution < 1.29 is 14.3 Å². The quantitative estimate of drug-likeness (QED) is 0.740. The maximum Gasteiger partial charge on any atom is 0.251 e. The lowest BCUT2D eigenvalue weighted by Crippen LogP contribution is -2.54. The van der Waals surface area contributed by atoms with E-state index in [1.165, 1.54) is 0 Å². The van der Waals surface area contributed by atoms with E-state index in [9.17, 15) is 9.59 Å². The summed E-state index contributed by atoms with van der Waals surface area (Å²) >= 11 is 0. The molecule has 1 fully saturated rings. The van der Waals surface area contributed by atoms with Gasteiger partial charge in [0.15, 0.2) is 0 Å². The number of likely N-dealkylation sites (tertiary alicyclic amines) is 1. The predicted molar refractivity (Wildman–Crippen MR) is 110 cm³/mol. The summed E-state index contributed by atoms with van der Waals surface area (Å²) in [5.74, 6) is 0.977. The molecule has 2 amide bonds. The first-order valence-electron chi connectivity index (χ1n) is 9.34. The molecule has 0 aromatic heterocycles. The summed E-state index contributed by atoms with van der Waals surface area (Å²) in [4.78, 5) is 27.5. The number of carbonyl (C=O) groups excluding carboxylic acids is 2. The van der Waals surface area contributed by atoms with E-state index in [4.69, 9.17) is 4.74 Å². The van der Waals surface area contributed by atoms with Crippen molar-refractivity contribution in [2.45, 2.75) is 32.7 Å². The molecule has 27 heavy (non-hydrogen) atoms. The fourth-order valence-electron chi connectivity index (χ4n) is 3.40. The van der Waals surface area contributed by atoms with E-state index in [-0.39, 0.29) is 30.1 Å². The zero-order valence-corrected chi connectivity index (χ0v) is 17.5. The Labute approximate surface area is 168 Å². The standard InChI is InChI=1S/C20H31N3O3.ClH/c1-14(2)18(20(25)23-11-5-6-15(13-23)12-21-3)22-19(24)16-7-9-17(26-4)10-8-16;/h7-10,14-15,18,21H,5-6,11-13H2,1-4H3,(H,22,24);1H. The fourth-order valence-corrected chi connectivity index (χ4v) is 3.40. The predicted octanol–water partition coefficient (Wildman–Crippen LogP) is 2.33. The molecule has 2 rings (SSSR count). The van der Waals surface area contributed by atoms with Crippen molar-refractivity contribution in [3.8, 4) is 5.75 Å². The Hall–Kier alpha value is -1.79. The summed E-state index contributed by atoms with van der Waals surface area (Å²) in [5, 5.41) is 6.12. The van der Waals surface area contributed by atoms with Gasteiger partial charge in [-0.15, -0.1) is 12.4 Å². The van der Waals surface area contributed by atoms with Crippen LogP contribution in [0.2, 0.25) is 0 Å². The summed E-state index contributed by atoms with van der Waals surface area (Å²) in [5.41, 5.74) is 0.524. The van der Waals surface area contributed by atoms with E-state index in [1.54, 1.807) is 31.4 Å². The molecule has 152 valence electrons. The average molecular weight is 398 g/mol. The van der Waals surface area contributed by atoms with Gasteiger partial charge in [-0.25, -0.2) is 0 Å². The highest BCUT2D eigenvalue weighted by Gasteiger charge is 2.31. The molecule has 1 aromatic rings. The van der Waals surface area contributed by atoms with Crippen LogP contribution in [0.4, 0.5) is 0 Å². The molecular formula is C20H32ClN3O3. The van der Waals surface area contributed by atoms with Crippen molar-refractivity contribution in [1.82, 2.24) is 15.5 Å². The number of rotatable bonds is 7. The molecule has 1 saturated heterocycles. The topological polar surface area (TPSA) is 70.7 Å². The first-order chi connectivity index (χ1) is 12.5. The second-order valence-corrected chi connectivity index (χ2v) is 7.27. The maximum atomic E-state index is 13.0. The monoisotopic (exact) mass is 397 g/mol. The maximum absolute atomic E-state index is 13.0. The van der Waals surface area contributed by atoms with E-state index in [1.807, 2.05) is 25.8 Å². The number of nitrogens with zero attached hydrogens (tertiary/aromatic N) is 1. The number of benzene rings is 1. The van der Waals surface area contributed by atoms with Crippen LogP contribution in [0, 0.1) is 11.8 Å². The van der Waals surface area contributed by atoms with Crippen LogP contribution >= 0.6 is 12.4 Å². The Morgan fingerprint density at radius 1 is 1.26 bits per heavy atom. The number of hydrogen-bond acceptors (Lipinski definition) is 4. The van der Waals surface area contributed by atoms with Crippen molar-refractivity contribution >= 4 is 24.2 Å². The van der Waals surface area contributed by atoms with Crippen LogP contribution in [-0.4, -0.2) is 56.5 Å². The van der Waals surface area contributed by atoms with Gasteiger partial charge in [-0.05, 0) is 62.5 Å². The zero-order valence-electron chi connectivity index (χ0n) is 16.7. The fraction of sp³-hybridized carbons (Fsp3) is 0.600. The zero-order chi connectivity index (χ0) is 19.1. The Kier molecular flexibility index (Phi) is 9.60. The van der Waals surface area contributed by atoms with Crippen molar-refractivity contribution in [3.63, 3.8) is 0 Å². The van der Waals surface area contributed by atoms with Gasteiger partial charge in [-0.2, -0.15) is 0 Å². The number of ether oxygens (including phenoxy) is 1. The van der Waals surface area contributed by atoms with Crippen molar-refractivity contribution in [3.05, 3.63) is 29.8 Å². The first kappa shape index (κ1) is 23.2. The van der Waals surface area contributed by atoms with Crippen LogP contribution in [0.5, 0.6) is 5.75 Å². The number of halogens is 1. The van der Waals surface area contributed by atoms with E-state index in [0.29, 0.717) is 17.2 Å². The van der Waals surface area contributed by atoms with Crippen LogP contribution in [0.25, 0.3) is 0 Å². The summed E-state index contributed by atoms with van der Waals surface area (Å²) in [7, 11) is 3.52. The summed E-state index contributed by atoms with van der Waals surface area (Å²) in [6.07, 6.45) is 2.14. The molecule has 1 aromatic carbocycles. The van der Waals surface area contributed by atoms with Crippen LogP contribution in [-0.2, 0) is 4.79 Å². The average Bonchev–Trinajstić information content (AvgIpc) is 2.65. The van der Waals surface area contributed by atoms with Gasteiger partial charge < -0.3 is 20.3 Å². The normalized spacial score (nSPS) is 17.8. The molecule has 7 heteroatoms. The van der Waals surface area contributed by atoms with Crippen LogP contribution in [0.15, 0.2) is 24.3 Å². The second kappa shape index (κ2) is 11.1. The minimum Gasteiger partial charge on any atom is -0.497 e. The molecule has 0 aliphatic carbocycles. The van der Waals surface area contributed by atoms with Crippen LogP contribution in [0.3, 0.4) is 0 Å². The van der Waals surface area contributed by atoms with Gasteiger partial charge in [0.1, 0.15) is 11.8 Å². The number of methoxy groups -OCH3 is 1. The van der Waals surface area contributed by atoms with Crippen molar-refractivity contribution in [2.75, 3.05) is 33.8 Å². The Balaban J connectivity index is 0.00000364. The molecule has 0 radical (unpaired) electrons. The number of amides is 2. The number of nitrogens with one attached hydrogen (secondary N) is 2. The minimum atomic E-state index is -0.516. The van der Waals surface area contributed by atoms with E-state index >= 15 is 0 Å². The summed E-state index contributed by atoms with van der Waals surface area (Å²) in [6.45, 7) is 6.36. The Bertz CT molecular complexity index is 605. The summed E-state index contributed by atoms with van der Waals surface area (Å²) in [6, 6.07) is 6.39. The first-order valence-corrected chi connectivity index (χ1v) is 9.34. The van der Waals surface area contributed by atoms with Gasteiger partial charge in [0.05, 0.1) is 7.11 Å². The molecule has 0 saturated carbocycles. The third-order valence-corrected chi connectivity index (χ3v) is 4.89. The van der Waals surface area contributed by atoms with E-state index in [0.717, 1.165) is 32.5 Å². The number of hydrogen-bond donors (Lipinski definition) is 2. The molecule has 1 aliphatic rings. The number of carbonyl (C=O) groups is 2. The SMILES string of the molecule is CNCC1CCCN(C(=O)C(NC(=O)c2ccc(OC)cc2)C(C)C)C1.Cl. The van der Waals surface area contributed by atoms with Crippen LogP contribution < -0.4 is 15.4 Å². The van der Waals surface area contributed by atoms with Crippen molar-refractivity contribution in [1.29, 1.82) is 0 Å². The number of piperidine rings is 1. The largest absolute Gasteiger partial charge is 0.497 e. The highest BCUT2D eigenvalue weighted by molar-refractivity contribution is 5.97.